The molecule has 2 aromatic rings. The molecule has 2 fully saturated rings. The van der Waals surface area contributed by atoms with Gasteiger partial charge in [-0.15, -0.1) is 11.8 Å². The summed E-state index contributed by atoms with van der Waals surface area (Å²) in [7, 11) is 0. The van der Waals surface area contributed by atoms with Gasteiger partial charge in [-0.2, -0.15) is 5.26 Å². The van der Waals surface area contributed by atoms with E-state index in [9.17, 15) is 4.79 Å². The summed E-state index contributed by atoms with van der Waals surface area (Å²) in [5, 5.41) is 8.98. The van der Waals surface area contributed by atoms with Gasteiger partial charge < -0.3 is 19.4 Å². The third-order valence-electron chi connectivity index (χ3n) is 5.71. The van der Waals surface area contributed by atoms with Gasteiger partial charge in [0.15, 0.2) is 0 Å². The Morgan fingerprint density at radius 1 is 0.967 bits per heavy atom. The van der Waals surface area contributed by atoms with Crippen molar-refractivity contribution < 1.29 is 9.53 Å². The lowest BCUT2D eigenvalue weighted by Gasteiger charge is -2.37. The minimum atomic E-state index is 0.104. The lowest BCUT2D eigenvalue weighted by Crippen LogP contribution is -2.49. The number of hydrogen-bond donors (Lipinski definition) is 0. The van der Waals surface area contributed by atoms with Gasteiger partial charge in [-0.3, -0.25) is 4.79 Å². The average molecular weight is 423 g/mol. The highest BCUT2D eigenvalue weighted by molar-refractivity contribution is 7.98. The highest BCUT2D eigenvalue weighted by atomic mass is 32.2. The molecule has 2 aromatic carbocycles. The molecule has 156 valence electrons. The number of carbonyl (C=O) groups excluding carboxylic acids is 1. The zero-order chi connectivity index (χ0) is 20.9. The number of amides is 1. The first kappa shape index (κ1) is 20.6. The minimum absolute atomic E-state index is 0.104. The Labute approximate surface area is 182 Å². The van der Waals surface area contributed by atoms with Gasteiger partial charge >= 0.3 is 0 Å². The molecule has 0 N–H and O–H groups in total. The van der Waals surface area contributed by atoms with Crippen molar-refractivity contribution in [2.75, 3.05) is 68.5 Å². The van der Waals surface area contributed by atoms with E-state index in [1.54, 1.807) is 11.8 Å². The Bertz CT molecular complexity index is 927. The molecule has 4 rings (SSSR count). The Morgan fingerprint density at radius 2 is 1.67 bits per heavy atom. The van der Waals surface area contributed by atoms with Crippen molar-refractivity contribution in [2.24, 2.45) is 0 Å². The monoisotopic (exact) mass is 422 g/mol. The van der Waals surface area contributed by atoms with E-state index in [4.69, 9.17) is 10.00 Å². The predicted octanol–water partition coefficient (Wildman–Crippen LogP) is 3.08. The van der Waals surface area contributed by atoms with Crippen molar-refractivity contribution in [1.29, 1.82) is 5.26 Å². The van der Waals surface area contributed by atoms with Crippen LogP contribution >= 0.6 is 11.8 Å². The van der Waals surface area contributed by atoms with Crippen molar-refractivity contribution in [3.8, 4) is 6.07 Å². The van der Waals surface area contributed by atoms with Gasteiger partial charge in [0.2, 0.25) is 0 Å². The number of anilines is 2. The molecule has 0 atom stereocenters. The van der Waals surface area contributed by atoms with Gasteiger partial charge in [-0.05, 0) is 48.7 Å². The van der Waals surface area contributed by atoms with Gasteiger partial charge in [0, 0.05) is 55.5 Å². The van der Waals surface area contributed by atoms with Crippen LogP contribution in [0.2, 0.25) is 0 Å². The van der Waals surface area contributed by atoms with Crippen LogP contribution in [-0.2, 0) is 4.74 Å². The standard InChI is InChI=1S/C23H26N4O2S/c1-30-20-6-7-22(26-12-14-29-15-13-26)21(16-20)23(28)27-10-8-25(9-11-27)19-4-2-18(17-24)3-5-19/h2-7,16H,8-15H2,1H3. The van der Waals surface area contributed by atoms with E-state index in [1.165, 1.54) is 0 Å². The molecule has 0 aliphatic carbocycles. The Hall–Kier alpha value is -2.69. The normalized spacial score (nSPS) is 17.0. The van der Waals surface area contributed by atoms with E-state index in [1.807, 2.05) is 41.5 Å². The second-order valence-corrected chi connectivity index (χ2v) is 8.30. The molecule has 2 saturated heterocycles. The second-order valence-electron chi connectivity index (χ2n) is 7.42. The molecule has 30 heavy (non-hydrogen) atoms. The third kappa shape index (κ3) is 4.40. The maximum absolute atomic E-state index is 13.5. The van der Waals surface area contributed by atoms with E-state index >= 15 is 0 Å². The fourth-order valence-corrected chi connectivity index (χ4v) is 4.42. The molecule has 0 aromatic heterocycles. The number of benzene rings is 2. The molecule has 6 nitrogen and oxygen atoms in total. The lowest BCUT2D eigenvalue weighted by atomic mass is 10.1. The fourth-order valence-electron chi connectivity index (χ4n) is 3.98. The summed E-state index contributed by atoms with van der Waals surface area (Å²) in [6, 6.07) is 16.0. The summed E-state index contributed by atoms with van der Waals surface area (Å²) >= 11 is 1.66. The maximum atomic E-state index is 13.5. The van der Waals surface area contributed by atoms with Crippen molar-refractivity contribution in [3.63, 3.8) is 0 Å². The van der Waals surface area contributed by atoms with Gasteiger partial charge in [-0.25, -0.2) is 0 Å². The van der Waals surface area contributed by atoms with Crippen molar-refractivity contribution in [2.45, 2.75) is 4.90 Å². The average Bonchev–Trinajstić information content (AvgIpc) is 2.84. The first-order chi connectivity index (χ1) is 14.7. The fraction of sp³-hybridized carbons (Fsp3) is 0.391. The van der Waals surface area contributed by atoms with Crippen LogP contribution in [0.15, 0.2) is 47.4 Å². The van der Waals surface area contributed by atoms with Crippen LogP contribution in [0.4, 0.5) is 11.4 Å². The van der Waals surface area contributed by atoms with Crippen LogP contribution in [-0.4, -0.2) is 69.5 Å². The maximum Gasteiger partial charge on any atom is 0.256 e. The highest BCUT2D eigenvalue weighted by Crippen LogP contribution is 2.29. The summed E-state index contributed by atoms with van der Waals surface area (Å²) in [4.78, 5) is 21.1. The lowest BCUT2D eigenvalue weighted by molar-refractivity contribution is 0.0746. The number of morpholine rings is 1. The van der Waals surface area contributed by atoms with Crippen LogP contribution in [0.5, 0.6) is 0 Å². The van der Waals surface area contributed by atoms with E-state index < -0.39 is 0 Å². The first-order valence-corrected chi connectivity index (χ1v) is 11.5. The Balaban J connectivity index is 1.48. The third-order valence-corrected chi connectivity index (χ3v) is 6.44. The van der Waals surface area contributed by atoms with E-state index in [-0.39, 0.29) is 5.91 Å². The molecule has 0 saturated carbocycles. The van der Waals surface area contributed by atoms with Crippen molar-refractivity contribution >= 4 is 29.0 Å². The topological polar surface area (TPSA) is 59.8 Å². The van der Waals surface area contributed by atoms with Crippen LogP contribution in [0, 0.1) is 11.3 Å². The summed E-state index contributed by atoms with van der Waals surface area (Å²) in [5.41, 5.74) is 3.56. The zero-order valence-corrected chi connectivity index (χ0v) is 18.0. The summed E-state index contributed by atoms with van der Waals surface area (Å²) in [5.74, 6) is 0.104. The number of nitrogens with zero attached hydrogens (tertiary/aromatic N) is 4. The number of nitriles is 1. The Kier molecular flexibility index (Phi) is 6.46. The summed E-state index contributed by atoms with van der Waals surface area (Å²) in [6.07, 6.45) is 2.04. The molecular formula is C23H26N4O2S. The van der Waals surface area contributed by atoms with Crippen LogP contribution < -0.4 is 9.80 Å². The van der Waals surface area contributed by atoms with Gasteiger partial charge in [0.05, 0.1) is 30.4 Å². The van der Waals surface area contributed by atoms with Crippen LogP contribution in [0.1, 0.15) is 15.9 Å². The summed E-state index contributed by atoms with van der Waals surface area (Å²) in [6.45, 7) is 5.95. The van der Waals surface area contributed by atoms with E-state index in [0.29, 0.717) is 31.9 Å². The van der Waals surface area contributed by atoms with Crippen molar-refractivity contribution in [3.05, 3.63) is 53.6 Å². The van der Waals surface area contributed by atoms with Gasteiger partial charge in [0.1, 0.15) is 0 Å². The molecule has 7 heteroatoms. The minimum Gasteiger partial charge on any atom is -0.378 e. The van der Waals surface area contributed by atoms with Gasteiger partial charge in [0.25, 0.3) is 5.91 Å². The molecule has 2 aliphatic rings. The summed E-state index contributed by atoms with van der Waals surface area (Å²) < 4.78 is 5.49. The number of rotatable bonds is 4. The molecule has 0 radical (unpaired) electrons. The molecule has 0 spiro atoms. The predicted molar refractivity (Wildman–Crippen MR) is 121 cm³/mol. The number of ether oxygens (including phenoxy) is 1. The van der Waals surface area contributed by atoms with Crippen molar-refractivity contribution in [1.82, 2.24) is 4.90 Å². The van der Waals surface area contributed by atoms with E-state index in [2.05, 4.69) is 28.0 Å². The number of thioether (sulfide) groups is 1. The molecular weight excluding hydrogens is 396 g/mol. The molecule has 0 bridgehead atoms. The number of hydrogen-bond acceptors (Lipinski definition) is 6. The quantitative estimate of drug-likeness (QED) is 0.706. The number of carbonyl (C=O) groups is 1. The first-order valence-electron chi connectivity index (χ1n) is 10.2. The Morgan fingerprint density at radius 3 is 2.30 bits per heavy atom. The molecule has 0 unspecified atom stereocenters. The highest BCUT2D eigenvalue weighted by Gasteiger charge is 2.26. The van der Waals surface area contributed by atoms with E-state index in [0.717, 1.165) is 48.0 Å². The van der Waals surface area contributed by atoms with Gasteiger partial charge in [-0.1, -0.05) is 0 Å². The van der Waals surface area contributed by atoms with Crippen LogP contribution in [0.3, 0.4) is 0 Å². The molecule has 1 amide bonds. The molecule has 2 aliphatic heterocycles. The van der Waals surface area contributed by atoms with Crippen LogP contribution in [0.25, 0.3) is 0 Å². The molecule has 2 heterocycles. The largest absolute Gasteiger partial charge is 0.378 e. The smallest absolute Gasteiger partial charge is 0.256 e. The number of piperazine rings is 1. The SMILES string of the molecule is CSc1ccc(N2CCOCC2)c(C(=O)N2CCN(c3ccc(C#N)cc3)CC2)c1. The second kappa shape index (κ2) is 9.41. The zero-order valence-electron chi connectivity index (χ0n) is 17.2.